The number of urea groups is 1. The van der Waals surface area contributed by atoms with Gasteiger partial charge in [0.15, 0.2) is 0 Å². The third-order valence-electron chi connectivity index (χ3n) is 3.83. The fraction of sp³-hybridized carbons (Fsp3) is 0.250. The Kier molecular flexibility index (Phi) is 3.35. The number of hydrogen-bond donors (Lipinski definition) is 1. The van der Waals surface area contributed by atoms with Crippen LogP contribution in [0.5, 0.6) is 0 Å². The van der Waals surface area contributed by atoms with Gasteiger partial charge in [-0.1, -0.05) is 18.2 Å². The van der Waals surface area contributed by atoms with Gasteiger partial charge in [-0.25, -0.2) is 9.78 Å². The largest absolute Gasteiger partial charge is 0.326 e. The number of benzene rings is 1. The Morgan fingerprint density at radius 3 is 2.86 bits per heavy atom. The van der Waals surface area contributed by atoms with Crippen LogP contribution < -0.4 is 10.6 Å². The monoisotopic (exact) mass is 282 g/mol. The molecule has 2 amide bonds. The second-order valence-corrected chi connectivity index (χ2v) is 5.26. The average molecular weight is 282 g/mol. The van der Waals surface area contributed by atoms with Crippen molar-refractivity contribution >= 4 is 11.8 Å². The molecule has 1 aromatic heterocycles. The van der Waals surface area contributed by atoms with Gasteiger partial charge in [0.05, 0.1) is 6.54 Å². The van der Waals surface area contributed by atoms with Crippen molar-refractivity contribution in [3.63, 3.8) is 0 Å². The summed E-state index contributed by atoms with van der Waals surface area (Å²) in [4.78, 5) is 19.7. The fourth-order valence-electron chi connectivity index (χ4n) is 2.71. The molecule has 0 saturated heterocycles. The second kappa shape index (κ2) is 5.18. The smallest absolute Gasteiger partial charge is 0.325 e. The van der Waals surface area contributed by atoms with E-state index in [0.29, 0.717) is 13.1 Å². The summed E-state index contributed by atoms with van der Waals surface area (Å²) >= 11 is 0. The third-order valence-corrected chi connectivity index (χ3v) is 3.83. The van der Waals surface area contributed by atoms with Gasteiger partial charge in [0.1, 0.15) is 5.82 Å². The molecule has 2 N–H and O–H groups in total. The molecule has 108 valence electrons. The molecule has 0 radical (unpaired) electrons. The summed E-state index contributed by atoms with van der Waals surface area (Å²) in [7, 11) is 3.55. The Balaban J connectivity index is 2.15. The lowest BCUT2D eigenvalue weighted by molar-refractivity contribution is 0.212. The molecule has 5 heteroatoms. The molecular formula is C16H18N4O. The van der Waals surface area contributed by atoms with Crippen molar-refractivity contribution < 1.29 is 4.79 Å². The highest BCUT2D eigenvalue weighted by Crippen LogP contribution is 2.33. The van der Waals surface area contributed by atoms with Gasteiger partial charge in [-0.05, 0) is 28.8 Å². The Hall–Kier alpha value is -2.40. The van der Waals surface area contributed by atoms with Crippen LogP contribution in [0.2, 0.25) is 0 Å². The van der Waals surface area contributed by atoms with E-state index < -0.39 is 0 Å². The number of nitrogens with two attached hydrogens (primary N) is 1. The highest BCUT2D eigenvalue weighted by Gasteiger charge is 2.28. The van der Waals surface area contributed by atoms with E-state index in [1.165, 1.54) is 0 Å². The molecule has 1 aliphatic heterocycles. The highest BCUT2D eigenvalue weighted by atomic mass is 16.2. The van der Waals surface area contributed by atoms with Gasteiger partial charge in [0, 0.05) is 32.4 Å². The first-order valence-electron chi connectivity index (χ1n) is 6.88. The molecule has 2 aromatic rings. The molecule has 0 bridgehead atoms. The van der Waals surface area contributed by atoms with Crippen molar-refractivity contribution in [1.29, 1.82) is 0 Å². The zero-order chi connectivity index (χ0) is 15.0. The van der Waals surface area contributed by atoms with E-state index in [1.807, 2.05) is 18.2 Å². The number of aromatic nitrogens is 1. The van der Waals surface area contributed by atoms with Gasteiger partial charge >= 0.3 is 6.03 Å². The quantitative estimate of drug-likeness (QED) is 0.918. The number of anilines is 1. The number of rotatable bonds is 2. The number of amides is 2. The maximum absolute atomic E-state index is 12.0. The number of pyridine rings is 1. The number of nitrogens with zero attached hydrogens (tertiary/aromatic N) is 3. The molecule has 0 unspecified atom stereocenters. The topological polar surface area (TPSA) is 62.5 Å². The highest BCUT2D eigenvalue weighted by molar-refractivity contribution is 5.94. The second-order valence-electron chi connectivity index (χ2n) is 5.26. The van der Waals surface area contributed by atoms with Crippen LogP contribution >= 0.6 is 0 Å². The minimum absolute atomic E-state index is 0.0390. The predicted molar refractivity (Wildman–Crippen MR) is 82.8 cm³/mol. The molecule has 1 aromatic carbocycles. The van der Waals surface area contributed by atoms with Crippen molar-refractivity contribution in [2.24, 2.45) is 5.73 Å². The minimum atomic E-state index is -0.0390. The van der Waals surface area contributed by atoms with Gasteiger partial charge in [-0.3, -0.25) is 4.90 Å². The number of hydrogen-bond acceptors (Lipinski definition) is 3. The molecular weight excluding hydrogens is 264 g/mol. The standard InChI is InChI=1S/C16H18N4O/c1-19-10-14-13(12-5-3-4-11(8-12)9-17)6-7-18-15(14)20(2)16(19)21/h3-8H,9-10,17H2,1-2H3. The van der Waals surface area contributed by atoms with E-state index in [9.17, 15) is 4.79 Å². The minimum Gasteiger partial charge on any atom is -0.326 e. The normalized spacial score (nSPS) is 14.3. The van der Waals surface area contributed by atoms with Crippen LogP contribution in [0.25, 0.3) is 11.1 Å². The first kappa shape index (κ1) is 13.6. The summed E-state index contributed by atoms with van der Waals surface area (Å²) in [6.45, 7) is 1.08. The number of carbonyl (C=O) groups is 1. The van der Waals surface area contributed by atoms with E-state index in [-0.39, 0.29) is 6.03 Å². The zero-order valence-electron chi connectivity index (χ0n) is 12.2. The van der Waals surface area contributed by atoms with Crippen LogP contribution in [0, 0.1) is 0 Å². The van der Waals surface area contributed by atoms with Crippen molar-refractivity contribution in [3.05, 3.63) is 47.7 Å². The Morgan fingerprint density at radius 2 is 2.10 bits per heavy atom. The van der Waals surface area contributed by atoms with Crippen LogP contribution in [0.4, 0.5) is 10.6 Å². The fourth-order valence-corrected chi connectivity index (χ4v) is 2.71. The Bertz CT molecular complexity index is 698. The van der Waals surface area contributed by atoms with Crippen LogP contribution in [0.1, 0.15) is 11.1 Å². The number of fused-ring (bicyclic) bond motifs is 1. The molecule has 0 atom stereocenters. The van der Waals surface area contributed by atoms with E-state index >= 15 is 0 Å². The van der Waals surface area contributed by atoms with Crippen LogP contribution in [0.3, 0.4) is 0 Å². The number of carbonyl (C=O) groups excluding carboxylic acids is 1. The summed E-state index contributed by atoms with van der Waals surface area (Å²) in [6, 6.07) is 10.1. The van der Waals surface area contributed by atoms with E-state index in [4.69, 9.17) is 5.73 Å². The van der Waals surface area contributed by atoms with E-state index in [2.05, 4.69) is 17.1 Å². The molecule has 3 rings (SSSR count). The first-order valence-corrected chi connectivity index (χ1v) is 6.88. The van der Waals surface area contributed by atoms with Gasteiger partial charge in [0.2, 0.25) is 0 Å². The Morgan fingerprint density at radius 1 is 1.29 bits per heavy atom. The SMILES string of the molecule is CN1Cc2c(-c3cccc(CN)c3)ccnc2N(C)C1=O. The molecule has 0 aliphatic carbocycles. The summed E-state index contributed by atoms with van der Waals surface area (Å²) in [5, 5.41) is 0. The molecule has 0 spiro atoms. The lowest BCUT2D eigenvalue weighted by atomic mass is 9.97. The lowest BCUT2D eigenvalue weighted by Gasteiger charge is -2.32. The van der Waals surface area contributed by atoms with Gasteiger partial charge < -0.3 is 10.6 Å². The predicted octanol–water partition coefficient (Wildman–Crippen LogP) is 2.21. The summed E-state index contributed by atoms with van der Waals surface area (Å²) < 4.78 is 0. The molecule has 1 aliphatic rings. The average Bonchev–Trinajstić information content (AvgIpc) is 2.52. The maximum Gasteiger partial charge on any atom is 0.325 e. The van der Waals surface area contributed by atoms with E-state index in [1.54, 1.807) is 30.1 Å². The molecule has 2 heterocycles. The lowest BCUT2D eigenvalue weighted by Crippen LogP contribution is -2.43. The van der Waals surface area contributed by atoms with Gasteiger partial charge in [-0.15, -0.1) is 0 Å². The maximum atomic E-state index is 12.0. The summed E-state index contributed by atoms with van der Waals surface area (Å²) in [5.74, 6) is 0.730. The van der Waals surface area contributed by atoms with Gasteiger partial charge in [-0.2, -0.15) is 0 Å². The van der Waals surface area contributed by atoms with E-state index in [0.717, 1.165) is 28.1 Å². The zero-order valence-corrected chi connectivity index (χ0v) is 12.2. The van der Waals surface area contributed by atoms with Gasteiger partial charge in [0.25, 0.3) is 0 Å². The molecule has 0 saturated carbocycles. The third kappa shape index (κ3) is 2.25. The molecule has 5 nitrogen and oxygen atoms in total. The van der Waals surface area contributed by atoms with Crippen LogP contribution in [-0.2, 0) is 13.1 Å². The summed E-state index contributed by atoms with van der Waals surface area (Å²) in [6.07, 6.45) is 1.75. The van der Waals surface area contributed by atoms with Crippen LogP contribution in [-0.4, -0.2) is 30.0 Å². The summed E-state index contributed by atoms with van der Waals surface area (Å²) in [5.41, 5.74) is 10.1. The Labute approximate surface area is 124 Å². The van der Waals surface area contributed by atoms with Crippen molar-refractivity contribution in [2.75, 3.05) is 19.0 Å². The first-order chi connectivity index (χ1) is 10.1. The van der Waals surface area contributed by atoms with Crippen molar-refractivity contribution in [1.82, 2.24) is 9.88 Å². The molecule has 21 heavy (non-hydrogen) atoms. The van der Waals surface area contributed by atoms with Crippen molar-refractivity contribution in [3.8, 4) is 11.1 Å². The van der Waals surface area contributed by atoms with Crippen molar-refractivity contribution in [2.45, 2.75) is 13.1 Å². The van der Waals surface area contributed by atoms with Crippen LogP contribution in [0.15, 0.2) is 36.5 Å². The molecule has 0 fully saturated rings.